The lowest BCUT2D eigenvalue weighted by Crippen LogP contribution is -2.32. The molecule has 5 nitrogen and oxygen atoms in total. The van der Waals surface area contributed by atoms with E-state index in [4.69, 9.17) is 4.74 Å². The van der Waals surface area contributed by atoms with Gasteiger partial charge in [0.25, 0.3) is 5.91 Å². The van der Waals surface area contributed by atoms with Gasteiger partial charge in [0.05, 0.1) is 6.10 Å². The summed E-state index contributed by atoms with van der Waals surface area (Å²) < 4.78 is 5.48. The van der Waals surface area contributed by atoms with Crippen LogP contribution in [0.3, 0.4) is 0 Å². The largest absolute Gasteiger partial charge is 0.376 e. The Labute approximate surface area is 111 Å². The number of rotatable bonds is 3. The molecule has 5 heteroatoms. The van der Waals surface area contributed by atoms with Gasteiger partial charge in [-0.05, 0) is 30.4 Å². The summed E-state index contributed by atoms with van der Waals surface area (Å²) in [7, 11) is 0. The molecule has 2 aromatic rings. The minimum atomic E-state index is -0.172. The monoisotopic (exact) mass is 257 g/mol. The molecule has 1 N–H and O–H groups in total. The zero-order valence-corrected chi connectivity index (χ0v) is 10.5. The van der Waals surface area contributed by atoms with E-state index in [-0.39, 0.29) is 12.0 Å². The predicted octanol–water partition coefficient (Wildman–Crippen LogP) is 1.54. The van der Waals surface area contributed by atoms with Crippen LogP contribution in [0.2, 0.25) is 0 Å². The molecule has 2 aromatic heterocycles. The molecule has 98 valence electrons. The van der Waals surface area contributed by atoms with E-state index in [2.05, 4.69) is 15.3 Å². The molecule has 1 atom stereocenters. The first-order valence-corrected chi connectivity index (χ1v) is 6.43. The Morgan fingerprint density at radius 1 is 1.42 bits per heavy atom. The van der Waals surface area contributed by atoms with Crippen molar-refractivity contribution in [1.82, 2.24) is 15.3 Å². The number of ether oxygens (including phenoxy) is 1. The van der Waals surface area contributed by atoms with Crippen LogP contribution in [0.15, 0.2) is 30.7 Å². The normalized spacial score (nSPS) is 18.6. The molecule has 3 heterocycles. The van der Waals surface area contributed by atoms with E-state index in [1.807, 2.05) is 12.1 Å². The van der Waals surface area contributed by atoms with Gasteiger partial charge in [0.1, 0.15) is 5.69 Å². The maximum atomic E-state index is 12.2. The fourth-order valence-electron chi connectivity index (χ4n) is 2.29. The van der Waals surface area contributed by atoms with Crippen molar-refractivity contribution < 1.29 is 9.53 Å². The Morgan fingerprint density at radius 2 is 2.32 bits per heavy atom. The van der Waals surface area contributed by atoms with Gasteiger partial charge in [0.2, 0.25) is 0 Å². The molecular formula is C14H15N3O2. The molecule has 1 amide bonds. The van der Waals surface area contributed by atoms with E-state index in [0.29, 0.717) is 12.2 Å². The zero-order chi connectivity index (χ0) is 13.1. The Morgan fingerprint density at radius 3 is 3.16 bits per heavy atom. The van der Waals surface area contributed by atoms with Crippen molar-refractivity contribution in [2.45, 2.75) is 18.9 Å². The molecule has 0 spiro atoms. The van der Waals surface area contributed by atoms with Crippen LogP contribution in [0, 0.1) is 0 Å². The summed E-state index contributed by atoms with van der Waals surface area (Å²) in [5, 5.41) is 4.62. The fourth-order valence-corrected chi connectivity index (χ4v) is 2.29. The van der Waals surface area contributed by atoms with Gasteiger partial charge in [-0.2, -0.15) is 0 Å². The number of hydrogen-bond donors (Lipinski definition) is 1. The van der Waals surface area contributed by atoms with Crippen LogP contribution in [0.1, 0.15) is 23.3 Å². The van der Waals surface area contributed by atoms with Gasteiger partial charge in [-0.25, -0.2) is 0 Å². The van der Waals surface area contributed by atoms with Crippen LogP contribution in [0.4, 0.5) is 0 Å². The number of nitrogens with one attached hydrogen (secondary N) is 1. The van der Waals surface area contributed by atoms with Crippen LogP contribution in [-0.2, 0) is 4.74 Å². The van der Waals surface area contributed by atoms with Crippen molar-refractivity contribution in [2.24, 2.45) is 0 Å². The van der Waals surface area contributed by atoms with Gasteiger partial charge in [0, 0.05) is 37.1 Å². The number of nitrogens with zero attached hydrogens (tertiary/aromatic N) is 2. The number of aromatic nitrogens is 2. The first-order chi connectivity index (χ1) is 9.34. The van der Waals surface area contributed by atoms with Gasteiger partial charge in [0.15, 0.2) is 0 Å². The molecule has 0 aromatic carbocycles. The smallest absolute Gasteiger partial charge is 0.270 e. The van der Waals surface area contributed by atoms with Crippen molar-refractivity contribution >= 4 is 16.7 Å². The summed E-state index contributed by atoms with van der Waals surface area (Å²) in [5.41, 5.74) is 0.420. The highest BCUT2D eigenvalue weighted by Gasteiger charge is 2.18. The minimum absolute atomic E-state index is 0.136. The highest BCUT2D eigenvalue weighted by Crippen LogP contribution is 2.15. The van der Waals surface area contributed by atoms with Crippen molar-refractivity contribution in [3.8, 4) is 0 Å². The Hall–Kier alpha value is -2.01. The van der Waals surface area contributed by atoms with Gasteiger partial charge < -0.3 is 10.1 Å². The number of hydrogen-bond acceptors (Lipinski definition) is 4. The van der Waals surface area contributed by atoms with E-state index >= 15 is 0 Å². The maximum absolute atomic E-state index is 12.2. The predicted molar refractivity (Wildman–Crippen MR) is 70.8 cm³/mol. The van der Waals surface area contributed by atoms with E-state index < -0.39 is 0 Å². The van der Waals surface area contributed by atoms with Crippen LogP contribution in [0.5, 0.6) is 0 Å². The molecule has 0 saturated carbocycles. The van der Waals surface area contributed by atoms with Crippen LogP contribution >= 0.6 is 0 Å². The average Bonchev–Trinajstić information content (AvgIpc) is 2.97. The lowest BCUT2D eigenvalue weighted by atomic mass is 10.1. The third kappa shape index (κ3) is 2.56. The average molecular weight is 257 g/mol. The highest BCUT2D eigenvalue weighted by molar-refractivity contribution is 6.04. The van der Waals surface area contributed by atoms with E-state index in [0.717, 1.165) is 30.2 Å². The second-order valence-corrected chi connectivity index (χ2v) is 4.60. The lowest BCUT2D eigenvalue weighted by molar-refractivity contribution is 0.0855. The third-order valence-electron chi connectivity index (χ3n) is 3.30. The van der Waals surface area contributed by atoms with Gasteiger partial charge in [-0.3, -0.25) is 14.8 Å². The first-order valence-electron chi connectivity index (χ1n) is 6.43. The summed E-state index contributed by atoms with van der Waals surface area (Å²) in [5.74, 6) is -0.172. The van der Waals surface area contributed by atoms with Crippen molar-refractivity contribution in [3.05, 3.63) is 36.4 Å². The SMILES string of the molecule is O=C(NCC1CCCO1)c1nccc2ccncc12. The van der Waals surface area contributed by atoms with Crippen molar-refractivity contribution in [2.75, 3.05) is 13.2 Å². The van der Waals surface area contributed by atoms with E-state index in [1.54, 1.807) is 18.6 Å². The standard InChI is InChI=1S/C14H15N3O2/c18-14(17-8-11-2-1-7-19-11)13-12-9-15-5-3-10(12)4-6-16-13/h3-6,9,11H,1-2,7-8H2,(H,17,18). The molecule has 19 heavy (non-hydrogen) atoms. The second-order valence-electron chi connectivity index (χ2n) is 4.60. The van der Waals surface area contributed by atoms with E-state index in [9.17, 15) is 4.79 Å². The summed E-state index contributed by atoms with van der Waals surface area (Å²) in [4.78, 5) is 20.4. The van der Waals surface area contributed by atoms with Crippen LogP contribution < -0.4 is 5.32 Å². The Kier molecular flexibility index (Phi) is 3.37. The Bertz CT molecular complexity index is 589. The van der Waals surface area contributed by atoms with Crippen LogP contribution in [0.25, 0.3) is 10.8 Å². The maximum Gasteiger partial charge on any atom is 0.270 e. The molecular weight excluding hydrogens is 242 g/mol. The van der Waals surface area contributed by atoms with Crippen molar-refractivity contribution in [3.63, 3.8) is 0 Å². The first kappa shape index (κ1) is 12.0. The van der Waals surface area contributed by atoms with Crippen molar-refractivity contribution in [1.29, 1.82) is 0 Å². The third-order valence-corrected chi connectivity index (χ3v) is 3.30. The molecule has 1 unspecified atom stereocenters. The minimum Gasteiger partial charge on any atom is -0.376 e. The summed E-state index contributed by atoms with van der Waals surface area (Å²) in [6.45, 7) is 1.33. The number of carbonyl (C=O) groups excluding carboxylic acids is 1. The second kappa shape index (κ2) is 5.32. The highest BCUT2D eigenvalue weighted by atomic mass is 16.5. The summed E-state index contributed by atoms with van der Waals surface area (Å²) >= 11 is 0. The fraction of sp³-hybridized carbons (Fsp3) is 0.357. The van der Waals surface area contributed by atoms with Gasteiger partial charge in [-0.1, -0.05) is 0 Å². The molecule has 1 saturated heterocycles. The molecule has 1 fully saturated rings. The molecule has 3 rings (SSSR count). The van der Waals surface area contributed by atoms with Crippen LogP contribution in [-0.4, -0.2) is 35.1 Å². The molecule has 1 aliphatic heterocycles. The molecule has 1 aliphatic rings. The summed E-state index contributed by atoms with van der Waals surface area (Å²) in [6, 6.07) is 3.74. The number of carbonyl (C=O) groups is 1. The summed E-state index contributed by atoms with van der Waals surface area (Å²) in [6.07, 6.45) is 7.22. The van der Waals surface area contributed by atoms with E-state index in [1.165, 1.54) is 0 Å². The lowest BCUT2D eigenvalue weighted by Gasteiger charge is -2.11. The molecule has 0 aliphatic carbocycles. The van der Waals surface area contributed by atoms with Gasteiger partial charge >= 0.3 is 0 Å². The molecule has 0 bridgehead atoms. The molecule has 0 radical (unpaired) electrons. The van der Waals surface area contributed by atoms with Gasteiger partial charge in [-0.15, -0.1) is 0 Å². The quantitative estimate of drug-likeness (QED) is 0.905. The number of amides is 1. The topological polar surface area (TPSA) is 64.1 Å². The number of fused-ring (bicyclic) bond motifs is 1. The Balaban J connectivity index is 1.77. The number of pyridine rings is 2. The zero-order valence-electron chi connectivity index (χ0n) is 10.5.